The SMILES string of the molecule is C[C@@H](Cc1ccccc1)N(C)C(=O)c1ccc[n+](C)c1. The van der Waals surface area contributed by atoms with Crippen LogP contribution in [0.2, 0.25) is 0 Å². The van der Waals surface area contributed by atoms with E-state index in [0.717, 1.165) is 12.0 Å². The summed E-state index contributed by atoms with van der Waals surface area (Å²) in [5, 5.41) is 0. The highest BCUT2D eigenvalue weighted by Gasteiger charge is 2.19. The number of amides is 1. The Bertz CT molecular complexity index is 581. The van der Waals surface area contributed by atoms with E-state index in [1.165, 1.54) is 5.56 Å². The van der Waals surface area contributed by atoms with Crippen LogP contribution in [-0.2, 0) is 13.5 Å². The first-order valence-corrected chi connectivity index (χ1v) is 6.84. The van der Waals surface area contributed by atoms with E-state index in [1.807, 2.05) is 66.3 Å². The lowest BCUT2D eigenvalue weighted by Gasteiger charge is -2.24. The van der Waals surface area contributed by atoms with Crippen molar-refractivity contribution in [1.29, 1.82) is 0 Å². The second kappa shape index (κ2) is 6.33. The van der Waals surface area contributed by atoms with E-state index < -0.39 is 0 Å². The zero-order chi connectivity index (χ0) is 14.5. The summed E-state index contributed by atoms with van der Waals surface area (Å²) >= 11 is 0. The first kappa shape index (κ1) is 14.3. The average Bonchev–Trinajstić information content (AvgIpc) is 2.46. The predicted molar refractivity (Wildman–Crippen MR) is 79.3 cm³/mol. The fourth-order valence-electron chi connectivity index (χ4n) is 2.21. The number of hydrogen-bond acceptors (Lipinski definition) is 1. The van der Waals surface area contributed by atoms with Crippen molar-refractivity contribution in [2.24, 2.45) is 7.05 Å². The molecule has 104 valence electrons. The Kier molecular flexibility index (Phi) is 4.51. The van der Waals surface area contributed by atoms with Gasteiger partial charge in [0.15, 0.2) is 12.4 Å². The fourth-order valence-corrected chi connectivity index (χ4v) is 2.21. The Morgan fingerprint density at radius 1 is 1.20 bits per heavy atom. The Balaban J connectivity index is 2.06. The Hall–Kier alpha value is -2.16. The number of nitrogens with zero attached hydrogens (tertiary/aromatic N) is 2. The molecule has 1 atom stereocenters. The molecule has 0 unspecified atom stereocenters. The number of pyridine rings is 1. The molecular formula is C17H21N2O+. The lowest BCUT2D eigenvalue weighted by atomic mass is 10.1. The number of aromatic nitrogens is 1. The summed E-state index contributed by atoms with van der Waals surface area (Å²) in [5.74, 6) is 0.0598. The average molecular weight is 269 g/mol. The molecule has 20 heavy (non-hydrogen) atoms. The summed E-state index contributed by atoms with van der Waals surface area (Å²) in [6.07, 6.45) is 4.64. The minimum Gasteiger partial charge on any atom is -0.338 e. The van der Waals surface area contributed by atoms with Crippen molar-refractivity contribution in [1.82, 2.24) is 4.90 Å². The third-order valence-corrected chi connectivity index (χ3v) is 3.54. The second-order valence-electron chi connectivity index (χ2n) is 5.21. The standard InChI is InChI=1S/C17H21N2O/c1-14(12-15-8-5-4-6-9-15)19(3)17(20)16-10-7-11-18(2)13-16/h4-11,13-14H,12H2,1-3H3/q+1/t14-/m0/s1. The molecule has 2 aromatic rings. The predicted octanol–water partition coefficient (Wildman–Crippen LogP) is 2.21. The van der Waals surface area contributed by atoms with Crippen LogP contribution in [0.25, 0.3) is 0 Å². The molecule has 0 saturated carbocycles. The molecule has 0 fully saturated rings. The Morgan fingerprint density at radius 2 is 1.90 bits per heavy atom. The molecule has 3 nitrogen and oxygen atoms in total. The van der Waals surface area contributed by atoms with Gasteiger partial charge in [0, 0.05) is 19.2 Å². The molecule has 0 N–H and O–H groups in total. The summed E-state index contributed by atoms with van der Waals surface area (Å²) in [6.45, 7) is 2.08. The molecule has 0 saturated heterocycles. The number of hydrogen-bond donors (Lipinski definition) is 0. The largest absolute Gasteiger partial charge is 0.338 e. The normalized spacial score (nSPS) is 11.9. The van der Waals surface area contributed by atoms with Gasteiger partial charge >= 0.3 is 0 Å². The molecule has 0 aliphatic carbocycles. The van der Waals surface area contributed by atoms with Crippen molar-refractivity contribution in [2.45, 2.75) is 19.4 Å². The highest BCUT2D eigenvalue weighted by molar-refractivity contribution is 5.93. The molecule has 0 spiro atoms. The first-order chi connectivity index (χ1) is 9.58. The van der Waals surface area contributed by atoms with Gasteiger partial charge in [0.25, 0.3) is 5.91 Å². The summed E-state index contributed by atoms with van der Waals surface area (Å²) in [5.41, 5.74) is 1.97. The van der Waals surface area contributed by atoms with Crippen molar-refractivity contribution in [3.63, 3.8) is 0 Å². The van der Waals surface area contributed by atoms with Crippen LogP contribution in [0, 0.1) is 0 Å². The summed E-state index contributed by atoms with van der Waals surface area (Å²) in [4.78, 5) is 14.2. The van der Waals surface area contributed by atoms with Crippen LogP contribution in [0.15, 0.2) is 54.9 Å². The van der Waals surface area contributed by atoms with Gasteiger partial charge in [-0.2, -0.15) is 0 Å². The number of likely N-dealkylation sites (N-methyl/N-ethyl adjacent to an activating group) is 1. The lowest BCUT2D eigenvalue weighted by molar-refractivity contribution is -0.671. The quantitative estimate of drug-likeness (QED) is 0.781. The van der Waals surface area contributed by atoms with Crippen LogP contribution < -0.4 is 4.57 Å². The van der Waals surface area contributed by atoms with Gasteiger partial charge in [-0.25, -0.2) is 4.57 Å². The van der Waals surface area contributed by atoms with E-state index in [2.05, 4.69) is 19.1 Å². The summed E-state index contributed by atoms with van der Waals surface area (Å²) in [7, 11) is 3.78. The molecule has 0 bridgehead atoms. The molecule has 1 amide bonds. The van der Waals surface area contributed by atoms with E-state index in [9.17, 15) is 4.79 Å². The van der Waals surface area contributed by atoms with Crippen LogP contribution in [0.5, 0.6) is 0 Å². The van der Waals surface area contributed by atoms with E-state index >= 15 is 0 Å². The van der Waals surface area contributed by atoms with E-state index in [-0.39, 0.29) is 11.9 Å². The number of benzene rings is 1. The zero-order valence-corrected chi connectivity index (χ0v) is 12.3. The van der Waals surface area contributed by atoms with Crippen molar-refractivity contribution < 1.29 is 9.36 Å². The van der Waals surface area contributed by atoms with Crippen molar-refractivity contribution >= 4 is 5.91 Å². The van der Waals surface area contributed by atoms with Gasteiger partial charge in [0.2, 0.25) is 0 Å². The zero-order valence-electron chi connectivity index (χ0n) is 12.3. The van der Waals surface area contributed by atoms with Gasteiger partial charge < -0.3 is 4.90 Å². The van der Waals surface area contributed by atoms with E-state index in [4.69, 9.17) is 0 Å². The summed E-state index contributed by atoms with van der Waals surface area (Å²) in [6, 6.07) is 14.2. The highest BCUT2D eigenvalue weighted by Crippen LogP contribution is 2.10. The monoisotopic (exact) mass is 269 g/mol. The summed E-state index contributed by atoms with van der Waals surface area (Å²) < 4.78 is 1.89. The van der Waals surface area contributed by atoms with Gasteiger partial charge in [0.1, 0.15) is 12.6 Å². The molecule has 1 heterocycles. The molecule has 2 rings (SSSR count). The number of carbonyl (C=O) groups is 1. The van der Waals surface area contributed by atoms with Gasteiger partial charge in [-0.3, -0.25) is 4.79 Å². The number of carbonyl (C=O) groups excluding carboxylic acids is 1. The van der Waals surface area contributed by atoms with Gasteiger partial charge in [-0.1, -0.05) is 30.3 Å². The highest BCUT2D eigenvalue weighted by atomic mass is 16.2. The molecule has 0 aliphatic heterocycles. The maximum Gasteiger partial charge on any atom is 0.259 e. The fraction of sp³-hybridized carbons (Fsp3) is 0.294. The van der Waals surface area contributed by atoms with Crippen LogP contribution in [0.3, 0.4) is 0 Å². The smallest absolute Gasteiger partial charge is 0.259 e. The molecule has 1 aromatic heterocycles. The molecule has 3 heteroatoms. The molecular weight excluding hydrogens is 248 g/mol. The van der Waals surface area contributed by atoms with Crippen molar-refractivity contribution in [3.8, 4) is 0 Å². The maximum absolute atomic E-state index is 12.4. The van der Waals surface area contributed by atoms with Gasteiger partial charge in [0.05, 0.1) is 0 Å². The van der Waals surface area contributed by atoms with E-state index in [0.29, 0.717) is 0 Å². The van der Waals surface area contributed by atoms with Crippen LogP contribution in [0.4, 0.5) is 0 Å². The topological polar surface area (TPSA) is 24.2 Å². The van der Waals surface area contributed by atoms with Crippen molar-refractivity contribution in [3.05, 3.63) is 66.0 Å². The van der Waals surface area contributed by atoms with Gasteiger partial charge in [-0.15, -0.1) is 0 Å². The van der Waals surface area contributed by atoms with Crippen molar-refractivity contribution in [2.75, 3.05) is 7.05 Å². The van der Waals surface area contributed by atoms with Crippen LogP contribution >= 0.6 is 0 Å². The Morgan fingerprint density at radius 3 is 2.55 bits per heavy atom. The molecule has 1 aromatic carbocycles. The Labute approximate surface area is 120 Å². The minimum atomic E-state index is 0.0598. The lowest BCUT2D eigenvalue weighted by Crippen LogP contribution is -2.38. The maximum atomic E-state index is 12.4. The van der Waals surface area contributed by atoms with E-state index in [1.54, 1.807) is 0 Å². The molecule has 0 radical (unpaired) electrons. The van der Waals surface area contributed by atoms with Crippen LogP contribution in [0.1, 0.15) is 22.8 Å². The number of aryl methyl sites for hydroxylation is 1. The number of rotatable bonds is 4. The third kappa shape index (κ3) is 3.44. The first-order valence-electron chi connectivity index (χ1n) is 6.84. The van der Waals surface area contributed by atoms with Gasteiger partial charge in [-0.05, 0) is 25.0 Å². The molecule has 0 aliphatic rings. The second-order valence-corrected chi connectivity index (χ2v) is 5.21. The third-order valence-electron chi connectivity index (χ3n) is 3.54. The van der Waals surface area contributed by atoms with Crippen LogP contribution in [-0.4, -0.2) is 23.9 Å². The minimum absolute atomic E-state index is 0.0598.